The van der Waals surface area contributed by atoms with Gasteiger partial charge in [-0.3, -0.25) is 9.69 Å². The normalized spacial score (nSPS) is 16.8. The van der Waals surface area contributed by atoms with Crippen LogP contribution in [0.25, 0.3) is 0 Å². The highest BCUT2D eigenvalue weighted by molar-refractivity contribution is 5.45. The SMILES string of the molecule is C=CCN1CCN(c2cccccc2=O)CC1. The van der Waals surface area contributed by atoms with Crippen LogP contribution in [0.3, 0.4) is 0 Å². The van der Waals surface area contributed by atoms with Crippen LogP contribution in [-0.4, -0.2) is 37.6 Å². The van der Waals surface area contributed by atoms with E-state index < -0.39 is 0 Å². The Hall–Kier alpha value is -1.61. The Morgan fingerprint density at radius 1 is 1.12 bits per heavy atom. The van der Waals surface area contributed by atoms with Crippen LogP contribution in [0.15, 0.2) is 47.8 Å². The van der Waals surface area contributed by atoms with Gasteiger partial charge >= 0.3 is 0 Å². The Kier molecular flexibility index (Phi) is 3.94. The van der Waals surface area contributed by atoms with Gasteiger partial charge in [0.05, 0.1) is 5.69 Å². The van der Waals surface area contributed by atoms with Gasteiger partial charge in [0.25, 0.3) is 0 Å². The summed E-state index contributed by atoms with van der Waals surface area (Å²) in [6, 6.07) is 9.14. The Balaban J connectivity index is 2.08. The van der Waals surface area contributed by atoms with Crippen molar-refractivity contribution in [2.75, 3.05) is 37.6 Å². The van der Waals surface area contributed by atoms with Crippen molar-refractivity contribution in [2.24, 2.45) is 0 Å². The molecule has 1 aliphatic heterocycles. The highest BCUT2D eigenvalue weighted by atomic mass is 16.1. The minimum Gasteiger partial charge on any atom is -0.366 e. The van der Waals surface area contributed by atoms with E-state index in [0.29, 0.717) is 0 Å². The van der Waals surface area contributed by atoms with E-state index in [9.17, 15) is 4.79 Å². The molecule has 0 atom stereocenters. The van der Waals surface area contributed by atoms with Gasteiger partial charge in [-0.05, 0) is 12.1 Å². The van der Waals surface area contributed by atoms with Gasteiger partial charge in [0, 0.05) is 32.7 Å². The maximum Gasteiger partial charge on any atom is 0.201 e. The topological polar surface area (TPSA) is 23.6 Å². The second-order valence-corrected chi connectivity index (χ2v) is 4.24. The van der Waals surface area contributed by atoms with Crippen molar-refractivity contribution < 1.29 is 0 Å². The van der Waals surface area contributed by atoms with Gasteiger partial charge in [0.1, 0.15) is 0 Å². The molecule has 3 nitrogen and oxygen atoms in total. The molecule has 0 N–H and O–H groups in total. The van der Waals surface area contributed by atoms with Crippen LogP contribution in [-0.2, 0) is 0 Å². The molecule has 0 unspecified atom stereocenters. The molecule has 90 valence electrons. The molecule has 1 saturated heterocycles. The van der Waals surface area contributed by atoms with Gasteiger partial charge in [0.2, 0.25) is 5.43 Å². The first-order valence-corrected chi connectivity index (χ1v) is 5.99. The van der Waals surface area contributed by atoms with Crippen LogP contribution in [0, 0.1) is 0 Å². The first-order valence-electron chi connectivity index (χ1n) is 5.99. The molecule has 0 bridgehead atoms. The van der Waals surface area contributed by atoms with Crippen molar-refractivity contribution in [3.8, 4) is 0 Å². The molecule has 0 aromatic heterocycles. The fourth-order valence-electron chi connectivity index (χ4n) is 2.14. The Bertz CT molecular complexity index is 436. The van der Waals surface area contributed by atoms with E-state index in [1.54, 1.807) is 12.1 Å². The summed E-state index contributed by atoms with van der Waals surface area (Å²) in [5.41, 5.74) is 0.917. The number of rotatable bonds is 3. The Labute approximate surface area is 102 Å². The zero-order valence-electron chi connectivity index (χ0n) is 10.0. The van der Waals surface area contributed by atoms with Crippen molar-refractivity contribution in [3.63, 3.8) is 0 Å². The van der Waals surface area contributed by atoms with Crippen molar-refractivity contribution >= 4 is 5.69 Å². The maximum absolute atomic E-state index is 11.9. The number of anilines is 1. The zero-order valence-corrected chi connectivity index (χ0v) is 10.0. The first-order chi connectivity index (χ1) is 8.31. The molecule has 1 aromatic carbocycles. The number of nitrogens with zero attached hydrogens (tertiary/aromatic N) is 2. The quantitative estimate of drug-likeness (QED) is 0.732. The van der Waals surface area contributed by atoms with Gasteiger partial charge in [-0.15, -0.1) is 6.58 Å². The second-order valence-electron chi connectivity index (χ2n) is 4.24. The summed E-state index contributed by atoms with van der Waals surface area (Å²) in [6.07, 6.45) is 1.93. The predicted molar refractivity (Wildman–Crippen MR) is 71.6 cm³/mol. The van der Waals surface area contributed by atoms with E-state index in [-0.39, 0.29) is 5.43 Å². The molecule has 1 fully saturated rings. The fourth-order valence-corrected chi connectivity index (χ4v) is 2.14. The van der Waals surface area contributed by atoms with Crippen LogP contribution in [0.5, 0.6) is 0 Å². The van der Waals surface area contributed by atoms with Gasteiger partial charge in [-0.2, -0.15) is 0 Å². The lowest BCUT2D eigenvalue weighted by molar-refractivity contribution is 0.284. The lowest BCUT2D eigenvalue weighted by Gasteiger charge is -2.34. The third-order valence-corrected chi connectivity index (χ3v) is 3.08. The summed E-state index contributed by atoms with van der Waals surface area (Å²) in [6.45, 7) is 8.48. The molecular formula is C14H18N2O. The summed E-state index contributed by atoms with van der Waals surface area (Å²) in [5.74, 6) is 0. The van der Waals surface area contributed by atoms with Crippen molar-refractivity contribution in [1.82, 2.24) is 4.90 Å². The summed E-state index contributed by atoms with van der Waals surface area (Å²) < 4.78 is 0. The summed E-state index contributed by atoms with van der Waals surface area (Å²) >= 11 is 0. The van der Waals surface area contributed by atoms with Crippen molar-refractivity contribution in [3.05, 3.63) is 53.2 Å². The standard InChI is InChI=1S/C14H18N2O/c1-2-8-15-9-11-16(12-10-15)13-6-4-3-5-7-14(13)17/h2-7H,1,8-12H2. The highest BCUT2D eigenvalue weighted by Gasteiger charge is 2.17. The van der Waals surface area contributed by atoms with E-state index >= 15 is 0 Å². The van der Waals surface area contributed by atoms with Crippen LogP contribution in [0.2, 0.25) is 0 Å². The van der Waals surface area contributed by atoms with Crippen molar-refractivity contribution in [2.45, 2.75) is 0 Å². The molecule has 3 heteroatoms. The maximum atomic E-state index is 11.9. The minimum absolute atomic E-state index is 0.104. The lowest BCUT2D eigenvalue weighted by atomic mass is 10.2. The molecule has 0 spiro atoms. The Morgan fingerprint density at radius 2 is 1.82 bits per heavy atom. The number of piperazine rings is 1. The van der Waals surface area contributed by atoms with Gasteiger partial charge in [-0.1, -0.05) is 24.3 Å². The summed E-state index contributed by atoms with van der Waals surface area (Å²) in [7, 11) is 0. The monoisotopic (exact) mass is 230 g/mol. The third-order valence-electron chi connectivity index (χ3n) is 3.08. The van der Waals surface area contributed by atoms with E-state index in [4.69, 9.17) is 0 Å². The minimum atomic E-state index is 0.104. The van der Waals surface area contributed by atoms with Crippen molar-refractivity contribution in [1.29, 1.82) is 0 Å². The molecule has 0 saturated carbocycles. The molecule has 17 heavy (non-hydrogen) atoms. The Morgan fingerprint density at radius 3 is 2.53 bits per heavy atom. The summed E-state index contributed by atoms with van der Waals surface area (Å²) in [5, 5.41) is 0. The molecule has 0 radical (unpaired) electrons. The summed E-state index contributed by atoms with van der Waals surface area (Å²) in [4.78, 5) is 16.4. The average Bonchev–Trinajstić information content (AvgIpc) is 2.56. The molecular weight excluding hydrogens is 212 g/mol. The number of hydrogen-bond donors (Lipinski definition) is 0. The van der Waals surface area contributed by atoms with E-state index in [1.165, 1.54) is 0 Å². The van der Waals surface area contributed by atoms with Crippen LogP contribution < -0.4 is 10.3 Å². The smallest absolute Gasteiger partial charge is 0.201 e. The molecule has 1 heterocycles. The van der Waals surface area contributed by atoms with Crippen LogP contribution in [0.1, 0.15) is 0 Å². The van der Waals surface area contributed by atoms with Gasteiger partial charge in [-0.25, -0.2) is 0 Å². The molecule has 0 aliphatic carbocycles. The lowest BCUT2D eigenvalue weighted by Crippen LogP contribution is -2.47. The molecule has 2 rings (SSSR count). The van der Waals surface area contributed by atoms with Gasteiger partial charge < -0.3 is 4.90 Å². The first kappa shape index (κ1) is 11.9. The van der Waals surface area contributed by atoms with Crippen LogP contribution >= 0.6 is 0 Å². The third kappa shape index (κ3) is 2.94. The largest absolute Gasteiger partial charge is 0.366 e. The zero-order chi connectivity index (χ0) is 12.1. The highest BCUT2D eigenvalue weighted by Crippen LogP contribution is 2.10. The van der Waals surface area contributed by atoms with Gasteiger partial charge in [0.15, 0.2) is 0 Å². The predicted octanol–water partition coefficient (Wildman–Crippen LogP) is 1.35. The van der Waals surface area contributed by atoms with E-state index in [2.05, 4.69) is 16.4 Å². The van der Waals surface area contributed by atoms with E-state index in [0.717, 1.165) is 38.4 Å². The molecule has 1 aliphatic rings. The average molecular weight is 230 g/mol. The molecule has 0 amide bonds. The van der Waals surface area contributed by atoms with Crippen LogP contribution in [0.4, 0.5) is 5.69 Å². The number of hydrogen-bond acceptors (Lipinski definition) is 3. The fraction of sp³-hybridized carbons (Fsp3) is 0.357. The second kappa shape index (κ2) is 5.64. The molecule has 1 aromatic rings. The van der Waals surface area contributed by atoms with E-state index in [1.807, 2.05) is 24.3 Å².